The van der Waals surface area contributed by atoms with Gasteiger partial charge in [-0.05, 0) is 116 Å². The fourth-order valence-corrected chi connectivity index (χ4v) is 8.79. The van der Waals surface area contributed by atoms with Gasteiger partial charge in [-0.1, -0.05) is 82.3 Å². The average Bonchev–Trinajstić information content (AvgIpc) is 3.74. The molecular formula is C51H41Cl5N4O7. The third kappa shape index (κ3) is 10.7. The molecule has 0 aliphatic rings. The molecule has 2 heterocycles. The van der Waals surface area contributed by atoms with Gasteiger partial charge in [-0.25, -0.2) is 0 Å². The van der Waals surface area contributed by atoms with Crippen molar-refractivity contribution in [2.45, 2.75) is 26.9 Å². The van der Waals surface area contributed by atoms with Crippen molar-refractivity contribution >= 4 is 115 Å². The van der Waals surface area contributed by atoms with Crippen molar-refractivity contribution in [3.8, 4) is 17.2 Å². The molecule has 0 atom stereocenters. The number of rotatable bonds is 13. The van der Waals surface area contributed by atoms with Crippen LogP contribution in [0.3, 0.4) is 0 Å². The molecule has 0 saturated heterocycles. The Balaban J connectivity index is 0.000000199. The molecule has 0 radical (unpaired) electrons. The van der Waals surface area contributed by atoms with E-state index in [1.807, 2.05) is 52.5 Å². The predicted molar refractivity (Wildman–Crippen MR) is 268 cm³/mol. The number of benzene rings is 6. The number of methoxy groups -OCH3 is 3. The molecule has 2 N–H and O–H groups in total. The zero-order valence-corrected chi connectivity index (χ0v) is 40.4. The molecule has 0 aliphatic heterocycles. The van der Waals surface area contributed by atoms with Gasteiger partial charge < -0.3 is 34.0 Å². The van der Waals surface area contributed by atoms with Gasteiger partial charge in [0.2, 0.25) is 0 Å². The molecule has 0 fully saturated rings. The van der Waals surface area contributed by atoms with Gasteiger partial charge >= 0.3 is 0 Å². The molecule has 8 aromatic rings. The van der Waals surface area contributed by atoms with Gasteiger partial charge in [0.05, 0.1) is 32.5 Å². The fraction of sp³-hybridized carbons (Fsp3) is 0.137. The minimum absolute atomic E-state index is 0.300. The maximum absolute atomic E-state index is 13.4. The van der Waals surface area contributed by atoms with E-state index in [4.69, 9.17) is 72.2 Å². The Bertz CT molecular complexity index is 3240. The summed E-state index contributed by atoms with van der Waals surface area (Å²) in [7, 11) is 4.63. The number of hydrogen-bond acceptors (Lipinski definition) is 7. The molecule has 2 aromatic heterocycles. The Hall–Kier alpha value is -6.47. The van der Waals surface area contributed by atoms with Crippen molar-refractivity contribution in [1.82, 2.24) is 9.13 Å². The number of nitrogens with one attached hydrogen (secondary N) is 2. The summed E-state index contributed by atoms with van der Waals surface area (Å²) in [5, 5.41) is 9.09. The molecule has 6 aromatic carbocycles. The number of Topliss-reactive ketones (excluding diaryl/α,β-unsaturated/α-hetero) is 2. The van der Waals surface area contributed by atoms with Crippen LogP contribution in [0.2, 0.25) is 25.1 Å². The van der Waals surface area contributed by atoms with Crippen molar-refractivity contribution < 1.29 is 33.4 Å². The van der Waals surface area contributed by atoms with Crippen LogP contribution in [0.25, 0.3) is 21.8 Å². The number of nitrogens with zero attached hydrogens (tertiary/aromatic N) is 2. The van der Waals surface area contributed by atoms with Gasteiger partial charge in [0.1, 0.15) is 17.2 Å². The van der Waals surface area contributed by atoms with E-state index in [2.05, 4.69) is 10.6 Å². The number of carbonyl (C=O) groups excluding carboxylic acids is 4. The van der Waals surface area contributed by atoms with E-state index in [9.17, 15) is 19.2 Å². The molecule has 2 amide bonds. The minimum Gasteiger partial charge on any atom is -0.497 e. The molecule has 0 aliphatic carbocycles. The zero-order chi connectivity index (χ0) is 48.1. The summed E-state index contributed by atoms with van der Waals surface area (Å²) < 4.78 is 19.8. The lowest BCUT2D eigenvalue weighted by molar-refractivity contribution is -0.113. The molecule has 0 spiro atoms. The zero-order valence-electron chi connectivity index (χ0n) is 36.6. The van der Waals surface area contributed by atoms with Crippen LogP contribution in [0.15, 0.2) is 121 Å². The molecule has 342 valence electrons. The van der Waals surface area contributed by atoms with Gasteiger partial charge in [-0.3, -0.25) is 19.2 Å². The van der Waals surface area contributed by atoms with E-state index in [1.54, 1.807) is 106 Å². The number of aromatic nitrogens is 2. The molecule has 11 nitrogen and oxygen atoms in total. The van der Waals surface area contributed by atoms with Crippen LogP contribution in [0.1, 0.15) is 43.2 Å². The minimum atomic E-state index is -0.758. The smallest absolute Gasteiger partial charge is 0.296 e. The number of anilines is 2. The van der Waals surface area contributed by atoms with Gasteiger partial charge in [0, 0.05) is 88.8 Å². The normalized spacial score (nSPS) is 10.9. The lowest BCUT2D eigenvalue weighted by Crippen LogP contribution is -2.23. The molecule has 16 heteroatoms. The summed E-state index contributed by atoms with van der Waals surface area (Å²) in [6.07, 6.45) is 0. The highest BCUT2D eigenvalue weighted by molar-refractivity contribution is 6.49. The Morgan fingerprint density at radius 3 is 1.30 bits per heavy atom. The molecule has 0 unspecified atom stereocenters. The standard InChI is InChI=1S/C26H22Cl2N2O4.C25H19Cl3N2O3/c1-15-24(25(31)26(32)29-18-5-4-6-19(12-18)33-2)21-13-20(34-3)9-10-23(21)30(15)14-16-7-8-17(27)11-22(16)28;1-14-23(24(31)25(32)29-18-5-3-4-16(26)10-18)20-12-19(33-2)8-9-22(20)30(14)13-15-6-7-17(27)11-21(15)28/h4-13H,14H2,1-3H3,(H,29,32);3-12H,13H2,1-2H3,(H,29,32). The molecular weight excluding hydrogens is 958 g/mol. The Labute approximate surface area is 411 Å². The SMILES string of the molecule is COc1ccc2c(c1)c(C(=O)C(=O)Nc1cccc(Cl)c1)c(C)n2Cc1ccc(Cl)cc1Cl.COc1cccc(NC(=O)C(=O)c2c(C)n(Cc3ccc(Cl)cc3Cl)c3ccc(OC)cc23)c1. The van der Waals surface area contributed by atoms with Crippen LogP contribution in [-0.4, -0.2) is 53.8 Å². The molecule has 0 saturated carbocycles. The molecule has 0 bridgehead atoms. The van der Waals surface area contributed by atoms with Crippen molar-refractivity contribution in [3.63, 3.8) is 0 Å². The monoisotopic (exact) mass is 996 g/mol. The van der Waals surface area contributed by atoms with Crippen LogP contribution < -0.4 is 24.8 Å². The van der Waals surface area contributed by atoms with Crippen molar-refractivity contribution in [1.29, 1.82) is 0 Å². The predicted octanol–water partition coefficient (Wildman–Crippen LogP) is 12.9. The average molecular weight is 999 g/mol. The summed E-state index contributed by atoms with van der Waals surface area (Å²) in [5.74, 6) is -1.09. The van der Waals surface area contributed by atoms with E-state index >= 15 is 0 Å². The first-order valence-electron chi connectivity index (χ1n) is 20.4. The summed E-state index contributed by atoms with van der Waals surface area (Å²) in [6.45, 7) is 4.40. The van der Waals surface area contributed by atoms with Crippen molar-refractivity contribution in [3.05, 3.63) is 180 Å². The first-order valence-corrected chi connectivity index (χ1v) is 22.3. The topological polar surface area (TPSA) is 130 Å². The van der Waals surface area contributed by atoms with E-state index in [-0.39, 0.29) is 0 Å². The van der Waals surface area contributed by atoms with Crippen LogP contribution in [0.5, 0.6) is 17.2 Å². The van der Waals surface area contributed by atoms with E-state index < -0.39 is 23.4 Å². The van der Waals surface area contributed by atoms with Crippen LogP contribution >= 0.6 is 58.0 Å². The Kier molecular flexibility index (Phi) is 15.2. The molecule has 67 heavy (non-hydrogen) atoms. The fourth-order valence-electron chi connectivity index (χ4n) is 7.67. The maximum atomic E-state index is 13.4. The number of halogens is 5. The number of ether oxygens (including phenoxy) is 3. The first kappa shape index (κ1) is 48.5. The summed E-state index contributed by atoms with van der Waals surface area (Å²) in [4.78, 5) is 52.5. The van der Waals surface area contributed by atoms with Gasteiger partial charge in [0.15, 0.2) is 0 Å². The highest BCUT2D eigenvalue weighted by atomic mass is 35.5. The lowest BCUT2D eigenvalue weighted by atomic mass is 10.1. The largest absolute Gasteiger partial charge is 0.497 e. The van der Waals surface area contributed by atoms with Crippen molar-refractivity contribution in [2.75, 3.05) is 32.0 Å². The second-order valence-electron chi connectivity index (χ2n) is 15.1. The second kappa shape index (κ2) is 21.0. The lowest BCUT2D eigenvalue weighted by Gasteiger charge is -2.11. The number of hydrogen-bond donors (Lipinski definition) is 2. The van der Waals surface area contributed by atoms with E-state index in [0.717, 1.165) is 22.2 Å². The summed E-state index contributed by atoms with van der Waals surface area (Å²) in [6, 6.07) is 34.9. The highest BCUT2D eigenvalue weighted by Gasteiger charge is 2.28. The number of amides is 2. The van der Waals surface area contributed by atoms with Crippen LogP contribution in [-0.2, 0) is 22.7 Å². The maximum Gasteiger partial charge on any atom is 0.296 e. The van der Waals surface area contributed by atoms with E-state index in [1.165, 1.54) is 7.11 Å². The third-order valence-corrected chi connectivity index (χ3v) is 12.4. The van der Waals surface area contributed by atoms with Crippen LogP contribution in [0.4, 0.5) is 11.4 Å². The number of ketones is 2. The second-order valence-corrected chi connectivity index (χ2v) is 17.3. The van der Waals surface area contributed by atoms with E-state index in [0.29, 0.717) is 100 Å². The Morgan fingerprint density at radius 1 is 0.478 bits per heavy atom. The van der Waals surface area contributed by atoms with Gasteiger partial charge in [-0.15, -0.1) is 0 Å². The quantitative estimate of drug-likeness (QED) is 0.0869. The highest BCUT2D eigenvalue weighted by Crippen LogP contribution is 2.34. The third-order valence-electron chi connectivity index (χ3n) is 11.0. The Morgan fingerprint density at radius 2 is 0.881 bits per heavy atom. The van der Waals surface area contributed by atoms with Crippen LogP contribution in [0, 0.1) is 13.8 Å². The first-order chi connectivity index (χ1) is 32.1. The number of carbonyl (C=O) groups is 4. The number of fused-ring (bicyclic) bond motifs is 2. The summed E-state index contributed by atoms with van der Waals surface area (Å²) >= 11 is 30.9. The van der Waals surface area contributed by atoms with Gasteiger partial charge in [-0.2, -0.15) is 0 Å². The van der Waals surface area contributed by atoms with Gasteiger partial charge in [0.25, 0.3) is 23.4 Å². The molecule has 8 rings (SSSR count). The summed E-state index contributed by atoms with van der Waals surface area (Å²) in [5.41, 5.74) is 6.00. The van der Waals surface area contributed by atoms with Crippen molar-refractivity contribution in [2.24, 2.45) is 0 Å².